The summed E-state index contributed by atoms with van der Waals surface area (Å²) in [6, 6.07) is 12.1. The third-order valence-electron chi connectivity index (χ3n) is 4.57. The maximum atomic E-state index is 12.7. The molecule has 0 saturated carbocycles. The molecule has 1 unspecified atom stereocenters. The van der Waals surface area contributed by atoms with Crippen LogP contribution in [0.5, 0.6) is 17.2 Å². The van der Waals surface area contributed by atoms with Crippen LogP contribution in [0.1, 0.15) is 23.7 Å². The van der Waals surface area contributed by atoms with Crippen LogP contribution in [0.15, 0.2) is 42.5 Å². The predicted molar refractivity (Wildman–Crippen MR) is 105 cm³/mol. The predicted octanol–water partition coefficient (Wildman–Crippen LogP) is 2.64. The summed E-state index contributed by atoms with van der Waals surface area (Å²) in [6.07, 6.45) is 0.233. The van der Waals surface area contributed by atoms with Crippen molar-refractivity contribution in [2.45, 2.75) is 19.4 Å². The molecule has 3 rings (SSSR count). The topological polar surface area (TPSA) is 77.1 Å². The second kappa shape index (κ2) is 8.65. The van der Waals surface area contributed by atoms with Gasteiger partial charge in [0.25, 0.3) is 5.91 Å². The first-order valence-electron chi connectivity index (χ1n) is 9.12. The van der Waals surface area contributed by atoms with E-state index < -0.39 is 0 Å². The van der Waals surface area contributed by atoms with Gasteiger partial charge in [0, 0.05) is 24.7 Å². The van der Waals surface area contributed by atoms with E-state index in [2.05, 4.69) is 5.32 Å². The van der Waals surface area contributed by atoms with Gasteiger partial charge in [0.2, 0.25) is 5.91 Å². The number of amides is 2. The van der Waals surface area contributed by atoms with Crippen molar-refractivity contribution in [3.63, 3.8) is 0 Å². The minimum absolute atomic E-state index is 0.0596. The Labute approximate surface area is 164 Å². The van der Waals surface area contributed by atoms with Crippen LogP contribution in [0.4, 0.5) is 5.69 Å². The van der Waals surface area contributed by atoms with E-state index in [1.807, 2.05) is 13.0 Å². The SMILES string of the molecule is CCOc1ccccc1C(=O)NC1CC(=O)N(c2ccc(OC)c(OC)c2)C1. The number of rotatable bonds is 7. The molecule has 0 spiro atoms. The number of methoxy groups -OCH3 is 2. The first kappa shape index (κ1) is 19.5. The molecule has 148 valence electrons. The quantitative estimate of drug-likeness (QED) is 0.794. The Morgan fingerprint density at radius 1 is 1.11 bits per heavy atom. The van der Waals surface area contributed by atoms with E-state index in [1.165, 1.54) is 0 Å². The molecule has 1 aliphatic rings. The number of hydrogen-bond acceptors (Lipinski definition) is 5. The molecule has 1 fully saturated rings. The molecular formula is C21H24N2O5. The van der Waals surface area contributed by atoms with E-state index in [0.29, 0.717) is 41.7 Å². The highest BCUT2D eigenvalue weighted by Gasteiger charge is 2.32. The monoisotopic (exact) mass is 384 g/mol. The maximum absolute atomic E-state index is 12.7. The van der Waals surface area contributed by atoms with Gasteiger partial charge in [-0.15, -0.1) is 0 Å². The lowest BCUT2D eigenvalue weighted by atomic mass is 10.1. The minimum atomic E-state index is -0.289. The highest BCUT2D eigenvalue weighted by atomic mass is 16.5. The highest BCUT2D eigenvalue weighted by molar-refractivity contribution is 6.00. The van der Waals surface area contributed by atoms with E-state index in [9.17, 15) is 9.59 Å². The molecule has 7 heteroatoms. The van der Waals surface area contributed by atoms with Crippen LogP contribution >= 0.6 is 0 Å². The molecule has 0 bridgehead atoms. The van der Waals surface area contributed by atoms with Crippen LogP contribution < -0.4 is 24.4 Å². The number of benzene rings is 2. The highest BCUT2D eigenvalue weighted by Crippen LogP contribution is 2.33. The van der Waals surface area contributed by atoms with E-state index in [1.54, 1.807) is 55.5 Å². The average Bonchev–Trinajstić information content (AvgIpc) is 3.08. The van der Waals surface area contributed by atoms with Gasteiger partial charge in [-0.05, 0) is 31.2 Å². The Kier molecular flexibility index (Phi) is 6.03. The molecule has 1 heterocycles. The van der Waals surface area contributed by atoms with Gasteiger partial charge in [-0.1, -0.05) is 12.1 Å². The number of hydrogen-bond donors (Lipinski definition) is 1. The lowest BCUT2D eigenvalue weighted by Crippen LogP contribution is -2.37. The molecule has 0 aromatic heterocycles. The van der Waals surface area contributed by atoms with Gasteiger partial charge >= 0.3 is 0 Å². The summed E-state index contributed by atoms with van der Waals surface area (Å²) in [5.74, 6) is 1.36. The van der Waals surface area contributed by atoms with E-state index in [0.717, 1.165) is 0 Å². The number of nitrogens with zero attached hydrogens (tertiary/aromatic N) is 1. The Morgan fingerprint density at radius 3 is 2.57 bits per heavy atom. The summed E-state index contributed by atoms with van der Waals surface area (Å²) in [7, 11) is 3.11. The third kappa shape index (κ3) is 4.03. The molecule has 2 aromatic carbocycles. The van der Waals surface area contributed by atoms with Gasteiger partial charge in [0.15, 0.2) is 11.5 Å². The number of nitrogens with one attached hydrogen (secondary N) is 1. The van der Waals surface area contributed by atoms with Crippen LogP contribution in [0.3, 0.4) is 0 Å². The van der Waals surface area contributed by atoms with E-state index >= 15 is 0 Å². The molecule has 7 nitrogen and oxygen atoms in total. The molecule has 0 aliphatic carbocycles. The zero-order chi connectivity index (χ0) is 20.1. The molecule has 2 amide bonds. The van der Waals surface area contributed by atoms with E-state index in [-0.39, 0.29) is 24.3 Å². The molecule has 1 saturated heterocycles. The van der Waals surface area contributed by atoms with Crippen LogP contribution in [0, 0.1) is 0 Å². The summed E-state index contributed by atoms with van der Waals surface area (Å²) in [5, 5.41) is 2.94. The summed E-state index contributed by atoms with van der Waals surface area (Å²) < 4.78 is 16.1. The molecule has 0 radical (unpaired) electrons. The first-order chi connectivity index (χ1) is 13.6. The average molecular weight is 384 g/mol. The fraction of sp³-hybridized carbons (Fsp3) is 0.333. The smallest absolute Gasteiger partial charge is 0.255 e. The number of anilines is 1. The maximum Gasteiger partial charge on any atom is 0.255 e. The van der Waals surface area contributed by atoms with Gasteiger partial charge in [-0.2, -0.15) is 0 Å². The Bertz CT molecular complexity index is 868. The Balaban J connectivity index is 1.72. The summed E-state index contributed by atoms with van der Waals surface area (Å²) >= 11 is 0. The third-order valence-corrected chi connectivity index (χ3v) is 4.57. The Morgan fingerprint density at radius 2 is 1.86 bits per heavy atom. The van der Waals surface area contributed by atoms with Gasteiger partial charge in [-0.3, -0.25) is 9.59 Å². The molecule has 1 aliphatic heterocycles. The number of ether oxygens (including phenoxy) is 3. The van der Waals surface area contributed by atoms with Gasteiger partial charge in [0.1, 0.15) is 5.75 Å². The molecule has 28 heavy (non-hydrogen) atoms. The van der Waals surface area contributed by atoms with Crippen molar-refractivity contribution in [1.82, 2.24) is 5.32 Å². The van der Waals surface area contributed by atoms with Crippen molar-refractivity contribution in [3.8, 4) is 17.2 Å². The molecule has 2 aromatic rings. The zero-order valence-corrected chi connectivity index (χ0v) is 16.2. The lowest BCUT2D eigenvalue weighted by molar-refractivity contribution is -0.117. The van der Waals surface area contributed by atoms with Crippen molar-refractivity contribution in [2.75, 3.05) is 32.3 Å². The van der Waals surface area contributed by atoms with E-state index in [4.69, 9.17) is 14.2 Å². The van der Waals surface area contributed by atoms with Crippen molar-refractivity contribution in [1.29, 1.82) is 0 Å². The van der Waals surface area contributed by atoms with Crippen LogP contribution in [-0.2, 0) is 4.79 Å². The lowest BCUT2D eigenvalue weighted by Gasteiger charge is -2.19. The summed E-state index contributed by atoms with van der Waals surface area (Å²) in [4.78, 5) is 26.8. The molecule has 1 atom stereocenters. The largest absolute Gasteiger partial charge is 0.493 e. The second-order valence-electron chi connectivity index (χ2n) is 6.35. The van der Waals surface area contributed by atoms with Gasteiger partial charge in [0.05, 0.1) is 32.4 Å². The van der Waals surface area contributed by atoms with Gasteiger partial charge in [-0.25, -0.2) is 0 Å². The number of carbonyl (C=O) groups is 2. The van der Waals surface area contributed by atoms with Crippen molar-refractivity contribution in [2.24, 2.45) is 0 Å². The minimum Gasteiger partial charge on any atom is -0.493 e. The standard InChI is InChI=1S/C21H24N2O5/c1-4-28-17-8-6-5-7-16(17)21(25)22-14-11-20(24)23(13-14)15-9-10-18(26-2)19(12-15)27-3/h5-10,12,14H,4,11,13H2,1-3H3,(H,22,25). The zero-order valence-electron chi connectivity index (χ0n) is 16.2. The Hall–Kier alpha value is -3.22. The van der Waals surface area contributed by atoms with Crippen molar-refractivity contribution >= 4 is 17.5 Å². The summed E-state index contributed by atoms with van der Waals surface area (Å²) in [6.45, 7) is 2.72. The fourth-order valence-corrected chi connectivity index (χ4v) is 3.25. The molecular weight excluding hydrogens is 360 g/mol. The van der Waals surface area contributed by atoms with Gasteiger partial charge < -0.3 is 24.4 Å². The fourth-order valence-electron chi connectivity index (χ4n) is 3.25. The van der Waals surface area contributed by atoms with Crippen molar-refractivity contribution < 1.29 is 23.8 Å². The number of para-hydroxylation sites is 1. The normalized spacial score (nSPS) is 16.0. The first-order valence-corrected chi connectivity index (χ1v) is 9.12. The molecule has 1 N–H and O–H groups in total. The van der Waals surface area contributed by atoms with Crippen LogP contribution in [-0.4, -0.2) is 45.2 Å². The number of carbonyl (C=O) groups excluding carboxylic acids is 2. The van der Waals surface area contributed by atoms with Crippen LogP contribution in [0.2, 0.25) is 0 Å². The second-order valence-corrected chi connectivity index (χ2v) is 6.35. The van der Waals surface area contributed by atoms with Crippen LogP contribution in [0.25, 0.3) is 0 Å². The van der Waals surface area contributed by atoms with Crippen molar-refractivity contribution in [3.05, 3.63) is 48.0 Å². The summed E-state index contributed by atoms with van der Waals surface area (Å²) in [5.41, 5.74) is 1.16.